The molecule has 4 aromatic rings. The maximum Gasteiger partial charge on any atom is 0.259 e. The monoisotopic (exact) mass is 376 g/mol. The zero-order chi connectivity index (χ0) is 19.7. The highest BCUT2D eigenvalue weighted by atomic mass is 16.2. The molecule has 4 rings (SSSR count). The van der Waals surface area contributed by atoms with Gasteiger partial charge in [0.15, 0.2) is 11.5 Å². The first-order valence-electron chi connectivity index (χ1n) is 8.93. The Labute approximate surface area is 161 Å². The zero-order valence-electron chi connectivity index (χ0n) is 15.9. The van der Waals surface area contributed by atoms with Gasteiger partial charge in [-0.1, -0.05) is 0 Å². The zero-order valence-corrected chi connectivity index (χ0v) is 15.9. The molecule has 1 amide bonds. The van der Waals surface area contributed by atoms with Gasteiger partial charge < -0.3 is 9.47 Å². The van der Waals surface area contributed by atoms with Crippen molar-refractivity contribution in [2.45, 2.75) is 26.4 Å². The summed E-state index contributed by atoms with van der Waals surface area (Å²) in [6, 6.07) is 5.86. The number of hydrogen-bond acceptors (Lipinski definition) is 6. The maximum absolute atomic E-state index is 13.0. The summed E-state index contributed by atoms with van der Waals surface area (Å²) >= 11 is 0. The molecule has 0 spiro atoms. The molecule has 9 heteroatoms. The smallest absolute Gasteiger partial charge is 0.259 e. The minimum atomic E-state index is -0.177. The molecular formula is C19H20N8O. The van der Waals surface area contributed by atoms with Crippen molar-refractivity contribution >= 4 is 11.6 Å². The molecule has 0 N–H and O–H groups in total. The van der Waals surface area contributed by atoms with Crippen LogP contribution in [0.4, 0.5) is 0 Å². The summed E-state index contributed by atoms with van der Waals surface area (Å²) in [5.74, 6) is 0.551. The summed E-state index contributed by atoms with van der Waals surface area (Å²) in [5, 5.41) is 12.5. The third kappa shape index (κ3) is 3.11. The average molecular weight is 376 g/mol. The average Bonchev–Trinajstić information content (AvgIpc) is 3.34. The van der Waals surface area contributed by atoms with Crippen molar-refractivity contribution in [3.8, 4) is 11.3 Å². The molecule has 0 atom stereocenters. The summed E-state index contributed by atoms with van der Waals surface area (Å²) < 4.78 is 3.60. The van der Waals surface area contributed by atoms with E-state index in [4.69, 9.17) is 0 Å². The number of pyridine rings is 1. The Bertz CT molecular complexity index is 1120. The molecule has 4 heterocycles. The first-order chi connectivity index (χ1) is 13.6. The highest BCUT2D eigenvalue weighted by Crippen LogP contribution is 2.21. The van der Waals surface area contributed by atoms with E-state index in [2.05, 4.69) is 25.3 Å². The Hall–Kier alpha value is -3.62. The fourth-order valence-corrected chi connectivity index (χ4v) is 3.08. The molecule has 0 unspecified atom stereocenters. The molecule has 0 bridgehead atoms. The van der Waals surface area contributed by atoms with E-state index in [1.807, 2.05) is 36.6 Å². The van der Waals surface area contributed by atoms with Gasteiger partial charge in [-0.15, -0.1) is 10.2 Å². The third-order valence-corrected chi connectivity index (χ3v) is 4.52. The molecule has 9 nitrogen and oxygen atoms in total. The van der Waals surface area contributed by atoms with E-state index in [9.17, 15) is 4.79 Å². The number of nitrogens with zero attached hydrogens (tertiary/aromatic N) is 8. The Morgan fingerprint density at radius 2 is 2.07 bits per heavy atom. The van der Waals surface area contributed by atoms with Gasteiger partial charge in [-0.25, -0.2) is 9.50 Å². The quantitative estimate of drug-likeness (QED) is 0.530. The second kappa shape index (κ2) is 7.18. The predicted molar refractivity (Wildman–Crippen MR) is 102 cm³/mol. The fraction of sp³-hybridized carbons (Fsp3) is 0.263. The Morgan fingerprint density at radius 3 is 2.82 bits per heavy atom. The predicted octanol–water partition coefficient (Wildman–Crippen LogP) is 2.24. The molecular weight excluding hydrogens is 356 g/mol. The van der Waals surface area contributed by atoms with Crippen molar-refractivity contribution in [2.24, 2.45) is 0 Å². The van der Waals surface area contributed by atoms with Crippen LogP contribution in [-0.4, -0.2) is 52.2 Å². The number of amides is 1. The van der Waals surface area contributed by atoms with Crippen LogP contribution in [0.1, 0.15) is 36.1 Å². The van der Waals surface area contributed by atoms with Crippen molar-refractivity contribution in [3.05, 3.63) is 60.7 Å². The number of rotatable bonds is 5. The highest BCUT2D eigenvalue weighted by Gasteiger charge is 2.21. The van der Waals surface area contributed by atoms with Crippen LogP contribution in [-0.2, 0) is 6.54 Å². The van der Waals surface area contributed by atoms with Gasteiger partial charge in [0, 0.05) is 37.2 Å². The van der Waals surface area contributed by atoms with Crippen molar-refractivity contribution in [3.63, 3.8) is 0 Å². The number of hydrogen-bond donors (Lipinski definition) is 0. The largest absolute Gasteiger partial charge is 0.334 e. The fourth-order valence-electron chi connectivity index (χ4n) is 3.08. The van der Waals surface area contributed by atoms with Gasteiger partial charge in [0.1, 0.15) is 11.9 Å². The molecule has 0 saturated carbocycles. The molecule has 0 radical (unpaired) electrons. The third-order valence-electron chi connectivity index (χ3n) is 4.52. The van der Waals surface area contributed by atoms with Crippen LogP contribution in [0.2, 0.25) is 0 Å². The van der Waals surface area contributed by atoms with Crippen LogP contribution in [0.5, 0.6) is 0 Å². The lowest BCUT2D eigenvalue weighted by Gasteiger charge is -2.17. The minimum Gasteiger partial charge on any atom is -0.334 e. The van der Waals surface area contributed by atoms with E-state index in [0.717, 1.165) is 17.1 Å². The van der Waals surface area contributed by atoms with Crippen molar-refractivity contribution in [1.82, 2.24) is 39.2 Å². The molecule has 0 aliphatic carbocycles. The second-order valence-electron chi connectivity index (χ2n) is 6.77. The van der Waals surface area contributed by atoms with Gasteiger partial charge in [-0.2, -0.15) is 5.10 Å². The van der Waals surface area contributed by atoms with Crippen molar-refractivity contribution in [1.29, 1.82) is 0 Å². The van der Waals surface area contributed by atoms with E-state index >= 15 is 0 Å². The van der Waals surface area contributed by atoms with Crippen LogP contribution in [0.15, 0.2) is 49.3 Å². The molecule has 0 aliphatic heterocycles. The molecule has 142 valence electrons. The van der Waals surface area contributed by atoms with Crippen LogP contribution >= 0.6 is 0 Å². The van der Waals surface area contributed by atoms with Crippen LogP contribution in [0.3, 0.4) is 0 Å². The van der Waals surface area contributed by atoms with Crippen molar-refractivity contribution in [2.75, 3.05) is 7.05 Å². The SMILES string of the molecule is CC(C)n1cnnc1CN(C)C(=O)c1cnn2c(-c3cccnc3)ccnc12. The lowest BCUT2D eigenvalue weighted by atomic mass is 10.2. The normalized spacial score (nSPS) is 11.3. The van der Waals surface area contributed by atoms with Gasteiger partial charge in [0.25, 0.3) is 5.91 Å². The van der Waals surface area contributed by atoms with Gasteiger partial charge in [0.2, 0.25) is 0 Å². The van der Waals surface area contributed by atoms with Gasteiger partial charge in [-0.3, -0.25) is 9.78 Å². The van der Waals surface area contributed by atoms with E-state index in [0.29, 0.717) is 17.8 Å². The Balaban J connectivity index is 1.66. The number of carbonyl (C=O) groups is 1. The number of carbonyl (C=O) groups excluding carboxylic acids is 1. The summed E-state index contributed by atoms with van der Waals surface area (Å²) in [5.41, 5.74) is 2.65. The maximum atomic E-state index is 13.0. The van der Waals surface area contributed by atoms with Gasteiger partial charge in [-0.05, 0) is 32.0 Å². The van der Waals surface area contributed by atoms with Crippen LogP contribution in [0.25, 0.3) is 16.9 Å². The molecule has 0 aliphatic rings. The molecule has 0 fully saturated rings. The Kier molecular flexibility index (Phi) is 4.56. The lowest BCUT2D eigenvalue weighted by molar-refractivity contribution is 0.0781. The number of aromatic nitrogens is 7. The lowest BCUT2D eigenvalue weighted by Crippen LogP contribution is -2.28. The minimum absolute atomic E-state index is 0.177. The summed E-state index contributed by atoms with van der Waals surface area (Å²) in [4.78, 5) is 23.2. The molecule has 28 heavy (non-hydrogen) atoms. The molecule has 0 aromatic carbocycles. The standard InChI is InChI=1S/C19H20N8O/c1-13(2)26-12-22-24-17(26)11-25(3)19(28)15-10-23-27-16(6-8-21-18(15)27)14-5-4-7-20-9-14/h4-10,12-13H,11H2,1-3H3. The molecule has 0 saturated heterocycles. The highest BCUT2D eigenvalue weighted by molar-refractivity contribution is 5.99. The van der Waals surface area contributed by atoms with Gasteiger partial charge in [0.05, 0.1) is 18.4 Å². The summed E-state index contributed by atoms with van der Waals surface area (Å²) in [7, 11) is 1.73. The summed E-state index contributed by atoms with van der Waals surface area (Å²) in [6.07, 6.45) is 8.36. The van der Waals surface area contributed by atoms with E-state index < -0.39 is 0 Å². The number of fused-ring (bicyclic) bond motifs is 1. The first kappa shape index (κ1) is 17.8. The Morgan fingerprint density at radius 1 is 1.21 bits per heavy atom. The van der Waals surface area contributed by atoms with Gasteiger partial charge >= 0.3 is 0 Å². The van der Waals surface area contributed by atoms with E-state index in [1.165, 1.54) is 0 Å². The first-order valence-corrected chi connectivity index (χ1v) is 8.93. The van der Waals surface area contributed by atoms with Crippen LogP contribution in [0, 0.1) is 0 Å². The van der Waals surface area contributed by atoms with Crippen LogP contribution < -0.4 is 0 Å². The summed E-state index contributed by atoms with van der Waals surface area (Å²) in [6.45, 7) is 4.43. The van der Waals surface area contributed by atoms with E-state index in [1.54, 1.807) is 47.6 Å². The van der Waals surface area contributed by atoms with Crippen molar-refractivity contribution < 1.29 is 4.79 Å². The van der Waals surface area contributed by atoms with E-state index in [-0.39, 0.29) is 11.9 Å². The topological polar surface area (TPSA) is 94.1 Å². The second-order valence-corrected chi connectivity index (χ2v) is 6.77. The molecule has 4 aromatic heterocycles.